The summed E-state index contributed by atoms with van der Waals surface area (Å²) in [6, 6.07) is 3.58. The van der Waals surface area contributed by atoms with Crippen molar-refractivity contribution < 1.29 is 23.1 Å². The fraction of sp³-hybridized carbons (Fsp3) is 0.619. The van der Waals surface area contributed by atoms with Gasteiger partial charge in [0.15, 0.2) is 11.6 Å². The van der Waals surface area contributed by atoms with E-state index in [-0.39, 0.29) is 29.8 Å². The summed E-state index contributed by atoms with van der Waals surface area (Å²) in [5.74, 6) is -1.71. The number of carbonyl (C=O) groups is 2. The van der Waals surface area contributed by atoms with Crippen molar-refractivity contribution in [3.63, 3.8) is 0 Å². The number of ether oxygens (including phenoxy) is 1. The zero-order valence-corrected chi connectivity index (χ0v) is 17.9. The Balaban J connectivity index is 1.63. The van der Waals surface area contributed by atoms with Crippen molar-refractivity contribution in [3.8, 4) is 0 Å². The maximum Gasteiger partial charge on any atom is 0.410 e. The Morgan fingerprint density at radius 3 is 2.31 bits per heavy atom. The van der Waals surface area contributed by atoms with Crippen molar-refractivity contribution in [1.82, 2.24) is 9.80 Å². The highest BCUT2D eigenvalue weighted by molar-refractivity contribution is 8.00. The quantitative estimate of drug-likeness (QED) is 0.668. The molecule has 2 amide bonds. The van der Waals surface area contributed by atoms with E-state index in [0.717, 1.165) is 37.8 Å². The molecule has 2 atom stereocenters. The van der Waals surface area contributed by atoms with Crippen LogP contribution in [-0.4, -0.2) is 58.3 Å². The van der Waals surface area contributed by atoms with Gasteiger partial charge in [0.05, 0.1) is 17.8 Å². The van der Waals surface area contributed by atoms with Crippen molar-refractivity contribution >= 4 is 23.8 Å². The Morgan fingerprint density at radius 2 is 1.69 bits per heavy atom. The summed E-state index contributed by atoms with van der Waals surface area (Å²) in [5, 5.41) is 0. The van der Waals surface area contributed by atoms with Crippen LogP contribution in [0.3, 0.4) is 0 Å². The van der Waals surface area contributed by atoms with Crippen LogP contribution in [-0.2, 0) is 9.53 Å². The standard InChI is InChI=1S/C21H28F2N2O3S/c1-21(2,3)28-20(27)25-11-5-7-18(25)17-6-4-10-24(17)19(26)13-29-14-8-9-15(22)16(23)12-14/h8-9,12,17-18H,4-7,10-11,13H2,1-3H3/t17-,18+/m0/s1. The third kappa shape index (κ3) is 5.41. The van der Waals surface area contributed by atoms with Crippen LogP contribution in [0.4, 0.5) is 13.6 Å². The van der Waals surface area contributed by atoms with Crippen LogP contribution in [0.1, 0.15) is 46.5 Å². The molecular formula is C21H28F2N2O3S. The minimum atomic E-state index is -0.916. The molecule has 0 N–H and O–H groups in total. The molecule has 29 heavy (non-hydrogen) atoms. The molecule has 0 unspecified atom stereocenters. The second-order valence-corrected chi connectivity index (χ2v) is 9.59. The molecule has 1 aromatic carbocycles. The number of nitrogens with zero attached hydrogens (tertiary/aromatic N) is 2. The highest BCUT2D eigenvalue weighted by Crippen LogP contribution is 2.32. The van der Waals surface area contributed by atoms with Crippen LogP contribution in [0, 0.1) is 11.6 Å². The van der Waals surface area contributed by atoms with Crippen LogP contribution in [0.25, 0.3) is 0 Å². The van der Waals surface area contributed by atoms with Gasteiger partial charge in [0.2, 0.25) is 5.91 Å². The van der Waals surface area contributed by atoms with Gasteiger partial charge in [-0.15, -0.1) is 11.8 Å². The van der Waals surface area contributed by atoms with E-state index < -0.39 is 17.2 Å². The van der Waals surface area contributed by atoms with Gasteiger partial charge in [-0.1, -0.05) is 0 Å². The maximum absolute atomic E-state index is 13.4. The summed E-state index contributed by atoms with van der Waals surface area (Å²) in [4.78, 5) is 29.6. The molecule has 1 aromatic rings. The van der Waals surface area contributed by atoms with Crippen molar-refractivity contribution in [2.24, 2.45) is 0 Å². The Labute approximate surface area is 174 Å². The molecule has 0 aromatic heterocycles. The highest BCUT2D eigenvalue weighted by atomic mass is 32.2. The Kier molecular flexibility index (Phi) is 6.71. The molecule has 160 valence electrons. The lowest BCUT2D eigenvalue weighted by Crippen LogP contribution is -2.51. The second-order valence-electron chi connectivity index (χ2n) is 8.54. The van der Waals surface area contributed by atoms with E-state index in [9.17, 15) is 18.4 Å². The minimum absolute atomic E-state index is 0.0249. The summed E-state index contributed by atoms with van der Waals surface area (Å²) in [6.45, 7) is 6.83. The summed E-state index contributed by atoms with van der Waals surface area (Å²) in [7, 11) is 0. The number of benzene rings is 1. The van der Waals surface area contributed by atoms with Gasteiger partial charge < -0.3 is 14.5 Å². The highest BCUT2D eigenvalue weighted by Gasteiger charge is 2.42. The fourth-order valence-corrected chi connectivity index (χ4v) is 4.84. The van der Waals surface area contributed by atoms with Gasteiger partial charge in [-0.2, -0.15) is 0 Å². The van der Waals surface area contributed by atoms with Gasteiger partial charge >= 0.3 is 6.09 Å². The topological polar surface area (TPSA) is 49.9 Å². The van der Waals surface area contributed by atoms with Crippen LogP contribution in [0.2, 0.25) is 0 Å². The van der Waals surface area contributed by atoms with Crippen LogP contribution >= 0.6 is 11.8 Å². The predicted octanol–water partition coefficient (Wildman–Crippen LogP) is 4.45. The third-order valence-electron chi connectivity index (χ3n) is 5.24. The van der Waals surface area contributed by atoms with Crippen molar-refractivity contribution in [2.75, 3.05) is 18.8 Å². The average Bonchev–Trinajstić information content (AvgIpc) is 3.29. The van der Waals surface area contributed by atoms with Crippen molar-refractivity contribution in [1.29, 1.82) is 0 Å². The molecule has 3 rings (SSSR count). The molecule has 0 radical (unpaired) electrons. The van der Waals surface area contributed by atoms with Gasteiger partial charge in [-0.25, -0.2) is 13.6 Å². The van der Waals surface area contributed by atoms with E-state index >= 15 is 0 Å². The molecule has 0 aliphatic carbocycles. The first kappa shape index (κ1) is 21.9. The maximum atomic E-state index is 13.4. The molecule has 2 heterocycles. The monoisotopic (exact) mass is 426 g/mol. The lowest BCUT2D eigenvalue weighted by Gasteiger charge is -2.35. The number of thioether (sulfide) groups is 1. The van der Waals surface area contributed by atoms with Crippen LogP contribution in [0.5, 0.6) is 0 Å². The molecule has 5 nitrogen and oxygen atoms in total. The van der Waals surface area contributed by atoms with Gasteiger partial charge in [-0.05, 0) is 64.7 Å². The average molecular weight is 427 g/mol. The van der Waals surface area contributed by atoms with E-state index in [1.54, 1.807) is 4.90 Å². The smallest absolute Gasteiger partial charge is 0.410 e. The van der Waals surface area contributed by atoms with Gasteiger partial charge in [0.25, 0.3) is 0 Å². The third-order valence-corrected chi connectivity index (χ3v) is 6.22. The number of rotatable bonds is 4. The molecule has 0 bridgehead atoms. The molecule has 0 spiro atoms. The van der Waals surface area contributed by atoms with Gasteiger partial charge in [0.1, 0.15) is 5.60 Å². The molecule has 2 saturated heterocycles. The summed E-state index contributed by atoms with van der Waals surface area (Å²) in [5.41, 5.74) is -0.559. The summed E-state index contributed by atoms with van der Waals surface area (Å²) >= 11 is 1.19. The van der Waals surface area contributed by atoms with E-state index in [0.29, 0.717) is 18.0 Å². The molecule has 2 fully saturated rings. The predicted molar refractivity (Wildman–Crippen MR) is 108 cm³/mol. The second kappa shape index (κ2) is 8.90. The SMILES string of the molecule is CC(C)(C)OC(=O)N1CCC[C@@H]1[C@@H]1CCCN1C(=O)CSc1ccc(F)c(F)c1. The van der Waals surface area contributed by atoms with Gasteiger partial charge in [-0.3, -0.25) is 4.79 Å². The molecule has 2 aliphatic heterocycles. The number of likely N-dealkylation sites (tertiary alicyclic amines) is 2. The van der Waals surface area contributed by atoms with E-state index in [4.69, 9.17) is 4.74 Å². The van der Waals surface area contributed by atoms with E-state index in [1.165, 1.54) is 17.8 Å². The first-order chi connectivity index (χ1) is 13.7. The normalized spacial score (nSPS) is 22.2. The lowest BCUT2D eigenvalue weighted by atomic mass is 10.0. The van der Waals surface area contributed by atoms with Gasteiger partial charge in [0, 0.05) is 18.0 Å². The number of hydrogen-bond acceptors (Lipinski definition) is 4. The fourth-order valence-electron chi connectivity index (χ4n) is 4.04. The molecule has 8 heteroatoms. The number of carbonyl (C=O) groups excluding carboxylic acids is 2. The molecular weight excluding hydrogens is 398 g/mol. The Hall–Kier alpha value is -1.83. The number of hydrogen-bond donors (Lipinski definition) is 0. The zero-order chi connectivity index (χ0) is 21.2. The van der Waals surface area contributed by atoms with E-state index in [2.05, 4.69) is 0 Å². The first-order valence-electron chi connectivity index (χ1n) is 10.0. The Morgan fingerprint density at radius 1 is 1.07 bits per heavy atom. The van der Waals surface area contributed by atoms with E-state index in [1.807, 2.05) is 25.7 Å². The lowest BCUT2D eigenvalue weighted by molar-refractivity contribution is -0.130. The first-order valence-corrected chi connectivity index (χ1v) is 11.0. The molecule has 2 aliphatic rings. The number of halogens is 2. The van der Waals surface area contributed by atoms with Crippen molar-refractivity contribution in [3.05, 3.63) is 29.8 Å². The van der Waals surface area contributed by atoms with Crippen molar-refractivity contribution in [2.45, 2.75) is 69.0 Å². The summed E-state index contributed by atoms with van der Waals surface area (Å²) in [6.07, 6.45) is 3.17. The number of amides is 2. The Bertz CT molecular complexity index is 769. The minimum Gasteiger partial charge on any atom is -0.444 e. The summed E-state index contributed by atoms with van der Waals surface area (Å²) < 4.78 is 32.0. The van der Waals surface area contributed by atoms with Crippen LogP contribution < -0.4 is 0 Å². The largest absolute Gasteiger partial charge is 0.444 e. The molecule has 0 saturated carbocycles. The van der Waals surface area contributed by atoms with Crippen LogP contribution in [0.15, 0.2) is 23.1 Å². The zero-order valence-electron chi connectivity index (χ0n) is 17.1.